The Bertz CT molecular complexity index is 1460. The fourth-order valence-electron chi connectivity index (χ4n) is 5.32. The molecule has 1 heterocycles. The number of piperazine rings is 1. The molecule has 0 unspecified atom stereocenters. The average Bonchev–Trinajstić information content (AvgIpc) is 2.92. The minimum atomic E-state index is -5.03. The lowest BCUT2D eigenvalue weighted by molar-refractivity contribution is -0.143. The molecule has 1 aliphatic rings. The summed E-state index contributed by atoms with van der Waals surface area (Å²) >= 11 is 0. The van der Waals surface area contributed by atoms with E-state index in [2.05, 4.69) is 4.90 Å². The average molecular weight is 557 g/mol. The summed E-state index contributed by atoms with van der Waals surface area (Å²) in [4.78, 5) is 17.2. The van der Waals surface area contributed by atoms with Crippen LogP contribution < -0.4 is 0 Å². The molecule has 0 spiro atoms. The van der Waals surface area contributed by atoms with Gasteiger partial charge in [-0.15, -0.1) is 0 Å². The molecule has 4 aromatic carbocycles. The van der Waals surface area contributed by atoms with Gasteiger partial charge < -0.3 is 4.90 Å². The Labute approximate surface area is 227 Å². The monoisotopic (exact) mass is 556 g/mol. The van der Waals surface area contributed by atoms with E-state index >= 15 is 0 Å². The molecular formula is C31H26F6N2O. The van der Waals surface area contributed by atoms with E-state index < -0.39 is 41.0 Å². The van der Waals surface area contributed by atoms with E-state index in [9.17, 15) is 31.1 Å². The van der Waals surface area contributed by atoms with Gasteiger partial charge in [-0.3, -0.25) is 9.69 Å². The van der Waals surface area contributed by atoms with Crippen LogP contribution in [0.1, 0.15) is 32.6 Å². The van der Waals surface area contributed by atoms with Gasteiger partial charge in [-0.2, -0.15) is 26.3 Å². The molecule has 3 nitrogen and oxygen atoms in total. The molecule has 0 radical (unpaired) electrons. The van der Waals surface area contributed by atoms with Crippen molar-refractivity contribution in [3.8, 4) is 0 Å². The second-order valence-electron chi connectivity index (χ2n) is 10.0. The highest BCUT2D eigenvalue weighted by atomic mass is 19.4. The molecule has 1 fully saturated rings. The predicted molar refractivity (Wildman–Crippen MR) is 141 cm³/mol. The van der Waals surface area contributed by atoms with Crippen molar-refractivity contribution < 1.29 is 31.1 Å². The van der Waals surface area contributed by atoms with E-state index in [1.165, 1.54) is 4.90 Å². The minimum absolute atomic E-state index is 0.0438. The van der Waals surface area contributed by atoms with Crippen molar-refractivity contribution in [2.24, 2.45) is 0 Å². The predicted octanol–water partition coefficient (Wildman–Crippen LogP) is 7.45. The number of carbonyl (C=O) groups is 1. The molecule has 0 saturated carbocycles. The SMILES string of the molecule is O=C(c1cc(C(F)(F)F)cc(C(F)(F)F)c1)N1CCN(Cc2ccccc2)C[C@H]1Cc1cccc2ccccc12. The van der Waals surface area contributed by atoms with Crippen molar-refractivity contribution in [1.82, 2.24) is 9.80 Å². The highest BCUT2D eigenvalue weighted by molar-refractivity contribution is 5.95. The normalized spacial score (nSPS) is 16.9. The molecule has 0 bridgehead atoms. The van der Waals surface area contributed by atoms with Crippen LogP contribution >= 0.6 is 0 Å². The molecule has 0 N–H and O–H groups in total. The summed E-state index contributed by atoms with van der Waals surface area (Å²) in [6.45, 7) is 1.61. The van der Waals surface area contributed by atoms with E-state index in [-0.39, 0.29) is 12.6 Å². The first-order chi connectivity index (χ1) is 19.0. The van der Waals surface area contributed by atoms with Gasteiger partial charge in [0.2, 0.25) is 0 Å². The first kappa shape index (κ1) is 27.7. The van der Waals surface area contributed by atoms with Crippen molar-refractivity contribution in [3.63, 3.8) is 0 Å². The number of alkyl halides is 6. The van der Waals surface area contributed by atoms with Crippen molar-refractivity contribution in [1.29, 1.82) is 0 Å². The maximum Gasteiger partial charge on any atom is 0.416 e. The number of hydrogen-bond acceptors (Lipinski definition) is 2. The quantitative estimate of drug-likeness (QED) is 0.239. The number of hydrogen-bond donors (Lipinski definition) is 0. The number of carbonyl (C=O) groups excluding carboxylic acids is 1. The summed E-state index contributed by atoms with van der Waals surface area (Å²) in [5, 5.41) is 1.98. The fraction of sp³-hybridized carbons (Fsp3) is 0.258. The lowest BCUT2D eigenvalue weighted by atomic mass is 9.95. The lowest BCUT2D eigenvalue weighted by Gasteiger charge is -2.42. The highest BCUT2D eigenvalue weighted by Crippen LogP contribution is 2.37. The number of amides is 1. The number of fused-ring (bicyclic) bond motifs is 1. The summed E-state index contributed by atoms with van der Waals surface area (Å²) in [5.41, 5.74) is -1.61. The Morgan fingerprint density at radius 3 is 2.05 bits per heavy atom. The molecule has 1 amide bonds. The molecule has 0 aromatic heterocycles. The molecular weight excluding hydrogens is 530 g/mol. The van der Waals surface area contributed by atoms with Crippen LogP contribution in [0.5, 0.6) is 0 Å². The second kappa shape index (κ2) is 11.0. The van der Waals surface area contributed by atoms with Gasteiger partial charge in [0, 0.05) is 37.8 Å². The lowest BCUT2D eigenvalue weighted by Crippen LogP contribution is -2.55. The molecule has 1 aliphatic heterocycles. The number of benzene rings is 4. The maximum atomic E-state index is 13.7. The summed E-state index contributed by atoms with van der Waals surface area (Å²) < 4.78 is 81.1. The first-order valence-electron chi connectivity index (χ1n) is 12.8. The van der Waals surface area contributed by atoms with Crippen LogP contribution in [-0.2, 0) is 25.3 Å². The number of rotatable bonds is 5. The minimum Gasteiger partial charge on any atom is -0.333 e. The molecule has 9 heteroatoms. The van der Waals surface area contributed by atoms with Crippen LogP contribution in [-0.4, -0.2) is 41.4 Å². The van der Waals surface area contributed by atoms with E-state index in [4.69, 9.17) is 0 Å². The zero-order valence-corrected chi connectivity index (χ0v) is 21.3. The van der Waals surface area contributed by atoms with Gasteiger partial charge in [0.05, 0.1) is 11.1 Å². The largest absolute Gasteiger partial charge is 0.416 e. The van der Waals surface area contributed by atoms with Gasteiger partial charge in [-0.1, -0.05) is 72.8 Å². The third-order valence-corrected chi connectivity index (χ3v) is 7.25. The Morgan fingerprint density at radius 2 is 1.38 bits per heavy atom. The van der Waals surface area contributed by atoms with Crippen molar-refractivity contribution in [2.75, 3.05) is 19.6 Å². The van der Waals surface area contributed by atoms with Crippen molar-refractivity contribution >= 4 is 16.7 Å². The molecule has 1 atom stereocenters. The van der Waals surface area contributed by atoms with Crippen LogP contribution in [0, 0.1) is 0 Å². The van der Waals surface area contributed by atoms with Crippen molar-refractivity contribution in [3.05, 3.63) is 119 Å². The summed E-state index contributed by atoms with van der Waals surface area (Å²) in [7, 11) is 0. The molecule has 4 aromatic rings. The van der Waals surface area contributed by atoms with Gasteiger partial charge in [-0.05, 0) is 46.5 Å². The standard InChI is InChI=1S/C31H26F6N2O/c32-30(33,34)25-15-24(16-26(18-25)31(35,36)37)29(40)39-14-13-38(19-21-7-2-1-3-8-21)20-27(39)17-23-11-6-10-22-9-4-5-12-28(22)23/h1-12,15-16,18,27H,13-14,17,19-20H2/t27-/m1/s1. The summed E-state index contributed by atoms with van der Waals surface area (Å²) in [6, 6.07) is 23.9. The van der Waals surface area contributed by atoms with Gasteiger partial charge in [0.15, 0.2) is 0 Å². The first-order valence-corrected chi connectivity index (χ1v) is 12.8. The van der Waals surface area contributed by atoms with Crippen LogP contribution in [0.25, 0.3) is 10.8 Å². The number of halogens is 6. The second-order valence-corrected chi connectivity index (χ2v) is 10.0. The smallest absolute Gasteiger partial charge is 0.333 e. The molecule has 40 heavy (non-hydrogen) atoms. The van der Waals surface area contributed by atoms with Crippen molar-refractivity contribution in [2.45, 2.75) is 31.4 Å². The van der Waals surface area contributed by atoms with Crippen LogP contribution in [0.4, 0.5) is 26.3 Å². The van der Waals surface area contributed by atoms with Crippen LogP contribution in [0.2, 0.25) is 0 Å². The zero-order chi connectivity index (χ0) is 28.5. The fourth-order valence-corrected chi connectivity index (χ4v) is 5.32. The van der Waals surface area contributed by atoms with E-state index in [1.54, 1.807) is 0 Å². The Morgan fingerprint density at radius 1 is 0.750 bits per heavy atom. The van der Waals surface area contributed by atoms with E-state index in [0.717, 1.165) is 21.9 Å². The zero-order valence-electron chi connectivity index (χ0n) is 21.3. The maximum absolute atomic E-state index is 13.7. The van der Waals surface area contributed by atoms with Gasteiger partial charge >= 0.3 is 12.4 Å². The van der Waals surface area contributed by atoms with Gasteiger partial charge in [0.1, 0.15) is 0 Å². The Kier molecular flexibility index (Phi) is 7.59. The molecule has 5 rings (SSSR count). The third kappa shape index (κ3) is 6.14. The van der Waals surface area contributed by atoms with Crippen LogP contribution in [0.3, 0.4) is 0 Å². The van der Waals surface area contributed by atoms with Crippen LogP contribution in [0.15, 0.2) is 91.0 Å². The molecule has 208 valence electrons. The topological polar surface area (TPSA) is 23.6 Å². The van der Waals surface area contributed by atoms with E-state index in [0.29, 0.717) is 38.2 Å². The molecule has 0 aliphatic carbocycles. The van der Waals surface area contributed by atoms with E-state index in [1.807, 2.05) is 72.8 Å². The Balaban J connectivity index is 1.50. The highest BCUT2D eigenvalue weighted by Gasteiger charge is 2.39. The van der Waals surface area contributed by atoms with Gasteiger partial charge in [0.25, 0.3) is 5.91 Å². The molecule has 1 saturated heterocycles. The van der Waals surface area contributed by atoms with Gasteiger partial charge in [-0.25, -0.2) is 0 Å². The summed E-state index contributed by atoms with van der Waals surface area (Å²) in [5.74, 6) is -0.846. The third-order valence-electron chi connectivity index (χ3n) is 7.25. The summed E-state index contributed by atoms with van der Waals surface area (Å²) in [6.07, 6.45) is -9.68. The Hall–Kier alpha value is -3.85. The number of nitrogens with zero attached hydrogens (tertiary/aromatic N) is 2.